The second-order valence-electron chi connectivity index (χ2n) is 8.75. The number of benzene rings is 2. The summed E-state index contributed by atoms with van der Waals surface area (Å²) in [6.45, 7) is 6.61. The fraction of sp³-hybridized carbons (Fsp3) is 0.556. The summed E-state index contributed by atoms with van der Waals surface area (Å²) in [4.78, 5) is 2.03. The lowest BCUT2D eigenvalue weighted by atomic mass is 10.1. The molecule has 0 radical (unpaired) electrons. The molecule has 0 aliphatic rings. The summed E-state index contributed by atoms with van der Waals surface area (Å²) in [5, 5.41) is 21.0. The van der Waals surface area contributed by atoms with Crippen LogP contribution in [0.1, 0.15) is 25.0 Å². The first-order valence-corrected chi connectivity index (χ1v) is 11.9. The van der Waals surface area contributed by atoms with Gasteiger partial charge >= 0.3 is 0 Å². The molecule has 2 aromatic rings. The van der Waals surface area contributed by atoms with E-state index in [4.69, 9.17) is 18.9 Å². The van der Waals surface area contributed by atoms with Crippen LogP contribution in [0, 0.1) is 0 Å². The van der Waals surface area contributed by atoms with Crippen molar-refractivity contribution >= 4 is 12.4 Å². The van der Waals surface area contributed by atoms with Gasteiger partial charge < -0.3 is 29.2 Å². The molecule has 2 atom stereocenters. The Kier molecular flexibility index (Phi) is 15.6. The number of aliphatic hydroxyl groups is 2. The number of rotatable bonds is 17. The van der Waals surface area contributed by atoms with Crippen LogP contribution < -0.4 is 9.47 Å². The Morgan fingerprint density at radius 2 is 1.06 bits per heavy atom. The van der Waals surface area contributed by atoms with Gasteiger partial charge in [0.15, 0.2) is 0 Å². The molecule has 0 saturated heterocycles. The molecule has 0 bridgehead atoms. The highest BCUT2D eigenvalue weighted by molar-refractivity contribution is 5.85. The zero-order chi connectivity index (χ0) is 24.8. The standard InChI is InChI=1S/C27H41NO6.ClH/c1-21(2)28(17-24(29)19-33-26-9-5-22(6-10-26)13-15-31-3)18-25(30)20-34-27-11-7-23(8-12-27)14-16-32-4;/h5-12,21,24-25,29-30H,13-20H2,1-4H3;1H. The van der Waals surface area contributed by atoms with Crippen LogP contribution in [0.5, 0.6) is 11.5 Å². The first-order chi connectivity index (χ1) is 16.4. The smallest absolute Gasteiger partial charge is 0.119 e. The van der Waals surface area contributed by atoms with Crippen molar-refractivity contribution in [1.29, 1.82) is 0 Å². The van der Waals surface area contributed by atoms with E-state index < -0.39 is 12.2 Å². The number of hydrogen-bond donors (Lipinski definition) is 2. The lowest BCUT2D eigenvalue weighted by molar-refractivity contribution is 0.0196. The summed E-state index contributed by atoms with van der Waals surface area (Å²) in [6, 6.07) is 15.8. The molecule has 0 saturated carbocycles. The molecule has 0 aliphatic heterocycles. The molecule has 198 valence electrons. The number of halogens is 1. The van der Waals surface area contributed by atoms with E-state index in [-0.39, 0.29) is 31.7 Å². The third-order valence-corrected chi connectivity index (χ3v) is 5.54. The van der Waals surface area contributed by atoms with Crippen LogP contribution in [0.15, 0.2) is 48.5 Å². The first kappa shape index (κ1) is 31.2. The summed E-state index contributed by atoms with van der Waals surface area (Å²) in [5.41, 5.74) is 2.36. The molecule has 0 amide bonds. The van der Waals surface area contributed by atoms with Gasteiger partial charge in [-0.3, -0.25) is 4.90 Å². The maximum atomic E-state index is 10.5. The Bertz CT molecular complexity index is 724. The highest BCUT2D eigenvalue weighted by Crippen LogP contribution is 2.15. The second-order valence-corrected chi connectivity index (χ2v) is 8.75. The number of hydrogen-bond acceptors (Lipinski definition) is 7. The van der Waals surface area contributed by atoms with E-state index in [9.17, 15) is 10.2 Å². The molecule has 2 rings (SSSR count). The fourth-order valence-electron chi connectivity index (χ4n) is 3.47. The number of nitrogens with zero attached hydrogens (tertiary/aromatic N) is 1. The monoisotopic (exact) mass is 511 g/mol. The maximum Gasteiger partial charge on any atom is 0.119 e. The Morgan fingerprint density at radius 3 is 1.37 bits per heavy atom. The van der Waals surface area contributed by atoms with Crippen LogP contribution in [0.3, 0.4) is 0 Å². The van der Waals surface area contributed by atoms with Crippen LogP contribution in [0.25, 0.3) is 0 Å². The highest BCUT2D eigenvalue weighted by atomic mass is 35.5. The molecule has 0 spiro atoms. The van der Waals surface area contributed by atoms with Crippen LogP contribution in [-0.4, -0.2) is 87.1 Å². The summed E-state index contributed by atoms with van der Waals surface area (Å²) in [7, 11) is 3.38. The van der Waals surface area contributed by atoms with Crippen LogP contribution in [0.4, 0.5) is 0 Å². The molecule has 0 aliphatic carbocycles. The van der Waals surface area contributed by atoms with Gasteiger partial charge in [-0.25, -0.2) is 0 Å². The predicted octanol–water partition coefficient (Wildman–Crippen LogP) is 3.38. The van der Waals surface area contributed by atoms with Crippen molar-refractivity contribution in [3.8, 4) is 11.5 Å². The van der Waals surface area contributed by atoms with Gasteiger partial charge in [0.1, 0.15) is 36.9 Å². The zero-order valence-electron chi connectivity index (χ0n) is 21.4. The van der Waals surface area contributed by atoms with Crippen LogP contribution in [-0.2, 0) is 22.3 Å². The lowest BCUT2D eigenvalue weighted by Gasteiger charge is -2.30. The average molecular weight is 512 g/mol. The van der Waals surface area contributed by atoms with E-state index in [1.54, 1.807) is 14.2 Å². The summed E-state index contributed by atoms with van der Waals surface area (Å²) in [6.07, 6.45) is 0.356. The maximum absolute atomic E-state index is 10.5. The van der Waals surface area contributed by atoms with Gasteiger partial charge in [0, 0.05) is 33.4 Å². The van der Waals surface area contributed by atoms with Crippen LogP contribution >= 0.6 is 12.4 Å². The molecule has 0 heterocycles. The molecule has 0 fully saturated rings. The van der Waals surface area contributed by atoms with E-state index in [0.717, 1.165) is 24.3 Å². The van der Waals surface area contributed by atoms with Crippen molar-refractivity contribution < 1.29 is 29.2 Å². The third-order valence-electron chi connectivity index (χ3n) is 5.54. The normalized spacial score (nSPS) is 12.9. The topological polar surface area (TPSA) is 80.6 Å². The summed E-state index contributed by atoms with van der Waals surface area (Å²) in [5.74, 6) is 1.44. The summed E-state index contributed by atoms with van der Waals surface area (Å²) < 4.78 is 21.7. The Balaban J connectivity index is 0.00000612. The van der Waals surface area contributed by atoms with Crippen molar-refractivity contribution in [2.24, 2.45) is 0 Å². The molecule has 0 aromatic heterocycles. The molecule has 35 heavy (non-hydrogen) atoms. The predicted molar refractivity (Wildman–Crippen MR) is 141 cm³/mol. The molecular formula is C27H42ClNO6. The minimum atomic E-state index is -0.677. The van der Waals surface area contributed by atoms with Crippen molar-refractivity contribution in [3.63, 3.8) is 0 Å². The van der Waals surface area contributed by atoms with E-state index in [2.05, 4.69) is 0 Å². The first-order valence-electron chi connectivity index (χ1n) is 11.9. The van der Waals surface area contributed by atoms with E-state index in [1.807, 2.05) is 67.3 Å². The Morgan fingerprint density at radius 1 is 0.686 bits per heavy atom. The highest BCUT2D eigenvalue weighted by Gasteiger charge is 2.19. The van der Waals surface area contributed by atoms with Gasteiger partial charge in [-0.15, -0.1) is 12.4 Å². The lowest BCUT2D eigenvalue weighted by Crippen LogP contribution is -2.45. The molecule has 2 N–H and O–H groups in total. The minimum Gasteiger partial charge on any atom is -0.491 e. The molecule has 2 unspecified atom stereocenters. The minimum absolute atomic E-state index is 0. The molecule has 8 heteroatoms. The number of aliphatic hydroxyl groups excluding tert-OH is 2. The van der Waals surface area contributed by atoms with Crippen molar-refractivity contribution in [1.82, 2.24) is 4.90 Å². The van der Waals surface area contributed by atoms with E-state index in [0.29, 0.717) is 26.3 Å². The van der Waals surface area contributed by atoms with Gasteiger partial charge in [-0.05, 0) is 62.1 Å². The average Bonchev–Trinajstić information content (AvgIpc) is 2.84. The van der Waals surface area contributed by atoms with Gasteiger partial charge in [-0.2, -0.15) is 0 Å². The summed E-state index contributed by atoms with van der Waals surface area (Å²) >= 11 is 0. The van der Waals surface area contributed by atoms with Gasteiger partial charge in [0.05, 0.1) is 13.2 Å². The Labute approximate surface area is 216 Å². The van der Waals surface area contributed by atoms with Gasteiger partial charge in [0.2, 0.25) is 0 Å². The zero-order valence-corrected chi connectivity index (χ0v) is 22.2. The second kappa shape index (κ2) is 17.5. The largest absolute Gasteiger partial charge is 0.491 e. The van der Waals surface area contributed by atoms with E-state index >= 15 is 0 Å². The Hall–Kier alpha value is -1.87. The molecular weight excluding hydrogens is 470 g/mol. The van der Waals surface area contributed by atoms with Crippen molar-refractivity contribution in [3.05, 3.63) is 59.7 Å². The van der Waals surface area contributed by atoms with Crippen molar-refractivity contribution in [2.45, 2.75) is 44.9 Å². The van der Waals surface area contributed by atoms with Gasteiger partial charge in [0.25, 0.3) is 0 Å². The fourth-order valence-corrected chi connectivity index (χ4v) is 3.47. The molecule has 2 aromatic carbocycles. The quantitative estimate of drug-likeness (QED) is 0.337. The SMILES string of the molecule is COCCc1ccc(OCC(O)CN(CC(O)COc2ccc(CCOC)cc2)C(C)C)cc1.Cl. The third kappa shape index (κ3) is 12.6. The van der Waals surface area contributed by atoms with E-state index in [1.165, 1.54) is 11.1 Å². The van der Waals surface area contributed by atoms with Gasteiger partial charge in [-0.1, -0.05) is 24.3 Å². The van der Waals surface area contributed by atoms with Crippen molar-refractivity contribution in [2.75, 3.05) is 53.7 Å². The van der Waals surface area contributed by atoms with Crippen LogP contribution in [0.2, 0.25) is 0 Å². The number of ether oxygens (including phenoxy) is 4. The molecule has 7 nitrogen and oxygen atoms in total. The number of methoxy groups -OCH3 is 2.